The topological polar surface area (TPSA) is 80.9 Å². The number of hydrogen-bond acceptors (Lipinski definition) is 5. The van der Waals surface area contributed by atoms with Crippen molar-refractivity contribution in [3.63, 3.8) is 0 Å². The van der Waals surface area contributed by atoms with Gasteiger partial charge in [0.15, 0.2) is 5.82 Å². The zero-order valence-electron chi connectivity index (χ0n) is 16.9. The summed E-state index contributed by atoms with van der Waals surface area (Å²) in [5, 5.41) is 8.07. The molecule has 0 aliphatic heterocycles. The highest BCUT2D eigenvalue weighted by molar-refractivity contribution is 5.89. The van der Waals surface area contributed by atoms with Crippen molar-refractivity contribution < 1.29 is 4.79 Å². The number of carbonyl (C=O) groups is 1. The van der Waals surface area contributed by atoms with E-state index < -0.39 is 0 Å². The highest BCUT2D eigenvalue weighted by Gasteiger charge is 2.17. The molecule has 0 saturated heterocycles. The number of fused-ring (bicyclic) bond motifs is 1. The summed E-state index contributed by atoms with van der Waals surface area (Å²) in [4.78, 5) is 22.6. The molecule has 4 aromatic rings. The molecule has 8 nitrogen and oxygen atoms in total. The predicted octanol–water partition coefficient (Wildman–Crippen LogP) is 3.07. The fourth-order valence-electron chi connectivity index (χ4n) is 3.26. The molecule has 0 fully saturated rings. The summed E-state index contributed by atoms with van der Waals surface area (Å²) in [5.74, 6) is 0.642. The smallest absolute Gasteiger partial charge is 0.242 e. The number of amides is 1. The Morgan fingerprint density at radius 3 is 2.59 bits per heavy atom. The van der Waals surface area contributed by atoms with Crippen LogP contribution in [0.2, 0.25) is 0 Å². The molecule has 8 heteroatoms. The van der Waals surface area contributed by atoms with Crippen LogP contribution in [0.25, 0.3) is 16.7 Å². The molecule has 4 rings (SSSR count). The Bertz CT molecular complexity index is 1170. The molecule has 0 radical (unpaired) electrons. The quantitative estimate of drug-likeness (QED) is 0.567. The second-order valence-corrected chi connectivity index (χ2v) is 7.11. The van der Waals surface area contributed by atoms with E-state index in [0.717, 1.165) is 28.3 Å². The SMILES string of the molecule is Cc1nn(-c2ccccc2)c(C)c1Nc1nccc2c1ncn2CC(=O)N(C)C. The Labute approximate surface area is 168 Å². The minimum absolute atomic E-state index is 0.00597. The first-order valence-corrected chi connectivity index (χ1v) is 9.34. The normalized spacial score (nSPS) is 11.0. The van der Waals surface area contributed by atoms with Gasteiger partial charge in [0, 0.05) is 20.3 Å². The number of imidazole rings is 1. The fraction of sp³-hybridized carbons (Fsp3) is 0.238. The first-order valence-electron chi connectivity index (χ1n) is 9.34. The summed E-state index contributed by atoms with van der Waals surface area (Å²) < 4.78 is 3.74. The van der Waals surface area contributed by atoms with E-state index in [1.807, 2.05) is 59.5 Å². The van der Waals surface area contributed by atoms with E-state index in [2.05, 4.69) is 20.4 Å². The van der Waals surface area contributed by atoms with E-state index in [1.54, 1.807) is 31.5 Å². The van der Waals surface area contributed by atoms with E-state index in [-0.39, 0.29) is 12.5 Å². The zero-order valence-corrected chi connectivity index (χ0v) is 16.9. The number of likely N-dealkylation sites (N-methyl/N-ethyl adjacent to an activating group) is 1. The Hall–Kier alpha value is -3.68. The average Bonchev–Trinajstić information content (AvgIpc) is 3.25. The van der Waals surface area contributed by atoms with Crippen molar-refractivity contribution in [3.8, 4) is 5.69 Å². The number of carbonyl (C=O) groups excluding carboxylic acids is 1. The number of nitrogens with one attached hydrogen (secondary N) is 1. The number of nitrogens with zero attached hydrogens (tertiary/aromatic N) is 6. The Kier molecular flexibility index (Phi) is 4.75. The van der Waals surface area contributed by atoms with Crippen LogP contribution in [-0.4, -0.2) is 49.2 Å². The highest BCUT2D eigenvalue weighted by Crippen LogP contribution is 2.28. The van der Waals surface area contributed by atoms with E-state index in [9.17, 15) is 4.79 Å². The molecule has 0 atom stereocenters. The van der Waals surface area contributed by atoms with Gasteiger partial charge in [0.05, 0.1) is 34.6 Å². The lowest BCUT2D eigenvalue weighted by molar-refractivity contribution is -0.129. The largest absolute Gasteiger partial charge is 0.347 e. The number of hydrogen-bond donors (Lipinski definition) is 1. The second kappa shape index (κ2) is 7.38. The van der Waals surface area contributed by atoms with Crippen molar-refractivity contribution in [2.75, 3.05) is 19.4 Å². The van der Waals surface area contributed by atoms with Gasteiger partial charge in [-0.3, -0.25) is 4.79 Å². The maximum atomic E-state index is 12.1. The molecule has 1 aromatic carbocycles. The Morgan fingerprint density at radius 1 is 1.10 bits per heavy atom. The van der Waals surface area contributed by atoms with Crippen LogP contribution in [-0.2, 0) is 11.3 Å². The van der Waals surface area contributed by atoms with Crippen LogP contribution >= 0.6 is 0 Å². The summed E-state index contributed by atoms with van der Waals surface area (Å²) in [6.07, 6.45) is 3.39. The minimum Gasteiger partial charge on any atom is -0.347 e. The standard InChI is InChI=1S/C21H23N7O/c1-14-19(15(2)28(25-14)16-8-6-5-7-9-16)24-21-20-17(10-11-22-21)27(13-23-20)12-18(29)26(3)4/h5-11,13H,12H2,1-4H3,(H,22,24). The lowest BCUT2D eigenvalue weighted by atomic mass is 10.2. The highest BCUT2D eigenvalue weighted by atomic mass is 16.2. The summed E-state index contributed by atoms with van der Waals surface area (Å²) in [7, 11) is 3.48. The van der Waals surface area contributed by atoms with Crippen molar-refractivity contribution >= 4 is 28.4 Å². The molecule has 1 amide bonds. The maximum Gasteiger partial charge on any atom is 0.242 e. The molecule has 3 heterocycles. The van der Waals surface area contributed by atoms with Crippen LogP contribution < -0.4 is 5.32 Å². The van der Waals surface area contributed by atoms with Gasteiger partial charge in [0.2, 0.25) is 5.91 Å². The number of benzene rings is 1. The molecular formula is C21H23N7O. The number of pyridine rings is 1. The van der Waals surface area contributed by atoms with Crippen molar-refractivity contribution in [3.05, 3.63) is 60.3 Å². The number of rotatable bonds is 5. The van der Waals surface area contributed by atoms with Crippen LogP contribution in [0.1, 0.15) is 11.4 Å². The van der Waals surface area contributed by atoms with Crippen LogP contribution in [0.15, 0.2) is 48.9 Å². The first-order chi connectivity index (χ1) is 14.0. The molecule has 0 spiro atoms. The third-order valence-electron chi connectivity index (χ3n) is 4.88. The van der Waals surface area contributed by atoms with Crippen molar-refractivity contribution in [2.24, 2.45) is 0 Å². The second-order valence-electron chi connectivity index (χ2n) is 7.11. The zero-order chi connectivity index (χ0) is 20.5. The average molecular weight is 389 g/mol. The van der Waals surface area contributed by atoms with Gasteiger partial charge in [0.1, 0.15) is 12.1 Å². The summed E-state index contributed by atoms with van der Waals surface area (Å²) in [6.45, 7) is 4.21. The van der Waals surface area contributed by atoms with Gasteiger partial charge in [-0.2, -0.15) is 5.10 Å². The van der Waals surface area contributed by atoms with Gasteiger partial charge in [-0.05, 0) is 32.0 Å². The fourth-order valence-corrected chi connectivity index (χ4v) is 3.26. The van der Waals surface area contributed by atoms with Gasteiger partial charge in [-0.15, -0.1) is 0 Å². The van der Waals surface area contributed by atoms with Crippen molar-refractivity contribution in [1.82, 2.24) is 29.2 Å². The Morgan fingerprint density at radius 2 is 1.86 bits per heavy atom. The minimum atomic E-state index is 0.00597. The summed E-state index contributed by atoms with van der Waals surface area (Å²) >= 11 is 0. The monoisotopic (exact) mass is 389 g/mol. The van der Waals surface area contributed by atoms with Crippen LogP contribution in [0.3, 0.4) is 0 Å². The Balaban J connectivity index is 1.70. The van der Waals surface area contributed by atoms with Gasteiger partial charge in [-0.25, -0.2) is 14.6 Å². The lowest BCUT2D eigenvalue weighted by Gasteiger charge is -2.11. The van der Waals surface area contributed by atoms with E-state index in [4.69, 9.17) is 0 Å². The van der Waals surface area contributed by atoms with Crippen molar-refractivity contribution in [1.29, 1.82) is 0 Å². The molecule has 0 aliphatic carbocycles. The molecule has 0 unspecified atom stereocenters. The third kappa shape index (κ3) is 3.44. The molecular weight excluding hydrogens is 366 g/mol. The van der Waals surface area contributed by atoms with Gasteiger partial charge >= 0.3 is 0 Å². The van der Waals surface area contributed by atoms with Gasteiger partial charge in [-0.1, -0.05) is 18.2 Å². The third-order valence-corrected chi connectivity index (χ3v) is 4.88. The summed E-state index contributed by atoms with van der Waals surface area (Å²) in [6, 6.07) is 11.9. The number of aromatic nitrogens is 5. The van der Waals surface area contributed by atoms with E-state index >= 15 is 0 Å². The molecule has 0 saturated carbocycles. The molecule has 0 aliphatic rings. The lowest BCUT2D eigenvalue weighted by Crippen LogP contribution is -2.25. The first kappa shape index (κ1) is 18.7. The molecule has 3 aromatic heterocycles. The van der Waals surface area contributed by atoms with Crippen LogP contribution in [0.4, 0.5) is 11.5 Å². The molecule has 0 bridgehead atoms. The number of para-hydroxylation sites is 1. The number of anilines is 2. The van der Waals surface area contributed by atoms with Crippen LogP contribution in [0, 0.1) is 13.8 Å². The van der Waals surface area contributed by atoms with Gasteiger partial charge in [0.25, 0.3) is 0 Å². The molecule has 1 N–H and O–H groups in total. The molecule has 29 heavy (non-hydrogen) atoms. The van der Waals surface area contributed by atoms with Gasteiger partial charge < -0.3 is 14.8 Å². The maximum absolute atomic E-state index is 12.1. The number of aryl methyl sites for hydroxylation is 1. The summed E-state index contributed by atoms with van der Waals surface area (Å²) in [5.41, 5.74) is 5.31. The van der Waals surface area contributed by atoms with E-state index in [1.165, 1.54) is 0 Å². The van der Waals surface area contributed by atoms with Crippen molar-refractivity contribution in [2.45, 2.75) is 20.4 Å². The molecule has 148 valence electrons. The van der Waals surface area contributed by atoms with E-state index in [0.29, 0.717) is 11.3 Å². The predicted molar refractivity (Wildman–Crippen MR) is 113 cm³/mol. The van der Waals surface area contributed by atoms with Crippen LogP contribution in [0.5, 0.6) is 0 Å².